The van der Waals surface area contributed by atoms with Crippen LogP contribution in [0.25, 0.3) is 0 Å². The quantitative estimate of drug-likeness (QED) is 0.356. The van der Waals surface area contributed by atoms with Gasteiger partial charge in [-0.1, -0.05) is 36.4 Å². The number of fused-ring (bicyclic) bond motifs is 1. The van der Waals surface area contributed by atoms with E-state index >= 15 is 0 Å². The van der Waals surface area contributed by atoms with E-state index in [1.165, 1.54) is 10.5 Å². The lowest BCUT2D eigenvalue weighted by molar-refractivity contribution is -0.117. The number of benzene rings is 2. The normalized spacial score (nSPS) is 13.4. The van der Waals surface area contributed by atoms with Gasteiger partial charge in [0.2, 0.25) is 5.91 Å². The van der Waals surface area contributed by atoms with Crippen LogP contribution in [0.4, 0.5) is 5.69 Å². The van der Waals surface area contributed by atoms with Crippen LogP contribution in [0, 0.1) is 0 Å². The molecule has 136 valence electrons. The summed E-state index contributed by atoms with van der Waals surface area (Å²) in [4.78, 5) is 19.8. The van der Waals surface area contributed by atoms with Gasteiger partial charge in [-0.05, 0) is 30.2 Å². The third-order valence-corrected chi connectivity index (χ3v) is 5.24. The van der Waals surface area contributed by atoms with Gasteiger partial charge in [0.05, 0.1) is 6.54 Å². The molecule has 0 aliphatic carbocycles. The van der Waals surface area contributed by atoms with Gasteiger partial charge >= 0.3 is 0 Å². The lowest BCUT2D eigenvalue weighted by Gasteiger charge is -2.18. The Labute approximate surface area is 158 Å². The smallest absolute Gasteiger partial charge is 0.246 e. The number of nitrogens with one attached hydrogen (secondary N) is 2. The highest BCUT2D eigenvalue weighted by Gasteiger charge is 2.23. The molecule has 0 bridgehead atoms. The molecule has 1 aliphatic rings. The average molecular weight is 369 g/mol. The number of thioether (sulfide) groups is 1. The van der Waals surface area contributed by atoms with Crippen molar-refractivity contribution in [2.75, 3.05) is 37.3 Å². The van der Waals surface area contributed by atoms with Crippen LogP contribution in [0.2, 0.25) is 0 Å². The number of carbonyl (C=O) groups excluding carboxylic acids is 1. The Kier molecular flexibility index (Phi) is 6.55. The lowest BCUT2D eigenvalue weighted by atomic mass is 10.2. The highest BCUT2D eigenvalue weighted by Crippen LogP contribution is 2.27. The molecule has 0 saturated carbocycles. The van der Waals surface area contributed by atoms with Gasteiger partial charge < -0.3 is 15.5 Å². The monoisotopic (exact) mass is 368 g/mol. The van der Waals surface area contributed by atoms with Gasteiger partial charge in [0.1, 0.15) is 0 Å². The maximum Gasteiger partial charge on any atom is 0.246 e. The van der Waals surface area contributed by atoms with Crippen molar-refractivity contribution in [1.29, 1.82) is 0 Å². The van der Waals surface area contributed by atoms with E-state index < -0.39 is 0 Å². The molecule has 2 aromatic carbocycles. The summed E-state index contributed by atoms with van der Waals surface area (Å²) in [6.45, 7) is 1.76. The third-order valence-electron chi connectivity index (χ3n) is 4.23. The van der Waals surface area contributed by atoms with E-state index in [2.05, 4.69) is 33.8 Å². The van der Waals surface area contributed by atoms with Crippen LogP contribution in [0.3, 0.4) is 0 Å². The summed E-state index contributed by atoms with van der Waals surface area (Å²) in [5, 5.41) is 6.37. The SMILES string of the molecule is CN=C(NCCSc1ccccc1)NCC(=O)N1CCc2ccccc21. The number of hydrogen-bond acceptors (Lipinski definition) is 3. The molecule has 0 fully saturated rings. The number of hydrogen-bond donors (Lipinski definition) is 2. The Hall–Kier alpha value is -2.47. The molecule has 2 aromatic rings. The molecule has 0 aromatic heterocycles. The Morgan fingerprint density at radius 1 is 1.12 bits per heavy atom. The van der Waals surface area contributed by atoms with Gasteiger partial charge in [-0.15, -0.1) is 11.8 Å². The van der Waals surface area contributed by atoms with E-state index in [9.17, 15) is 4.79 Å². The summed E-state index contributed by atoms with van der Waals surface area (Å²) in [6, 6.07) is 18.4. The van der Waals surface area contributed by atoms with E-state index in [1.54, 1.807) is 18.8 Å². The van der Waals surface area contributed by atoms with Crippen molar-refractivity contribution in [1.82, 2.24) is 10.6 Å². The predicted octanol–water partition coefficient (Wildman–Crippen LogP) is 2.53. The van der Waals surface area contributed by atoms with Gasteiger partial charge in [-0.25, -0.2) is 0 Å². The summed E-state index contributed by atoms with van der Waals surface area (Å²) in [5.74, 6) is 1.65. The maximum atomic E-state index is 12.5. The lowest BCUT2D eigenvalue weighted by Crippen LogP contribution is -2.44. The molecule has 0 unspecified atom stereocenters. The average Bonchev–Trinajstić information content (AvgIpc) is 3.12. The van der Waals surface area contributed by atoms with E-state index in [-0.39, 0.29) is 12.5 Å². The molecular weight excluding hydrogens is 344 g/mol. The fourth-order valence-corrected chi connectivity index (χ4v) is 3.72. The Balaban J connectivity index is 1.41. The first kappa shape index (κ1) is 18.3. The van der Waals surface area contributed by atoms with Crippen LogP contribution in [0.5, 0.6) is 0 Å². The summed E-state index contributed by atoms with van der Waals surface area (Å²) < 4.78 is 0. The topological polar surface area (TPSA) is 56.7 Å². The van der Waals surface area contributed by atoms with Crippen molar-refractivity contribution in [2.45, 2.75) is 11.3 Å². The minimum Gasteiger partial charge on any atom is -0.356 e. The first-order valence-corrected chi connectivity index (χ1v) is 9.77. The Bertz CT molecular complexity index is 763. The van der Waals surface area contributed by atoms with Gasteiger partial charge in [0.15, 0.2) is 5.96 Å². The number of aliphatic imine (C=N–C) groups is 1. The zero-order valence-electron chi connectivity index (χ0n) is 14.9. The zero-order chi connectivity index (χ0) is 18.2. The zero-order valence-corrected chi connectivity index (χ0v) is 15.8. The number of guanidine groups is 1. The van der Waals surface area contributed by atoms with E-state index in [1.807, 2.05) is 41.3 Å². The van der Waals surface area contributed by atoms with Crippen LogP contribution in [-0.4, -0.2) is 44.3 Å². The van der Waals surface area contributed by atoms with Gasteiger partial charge in [-0.2, -0.15) is 0 Å². The molecule has 1 amide bonds. The number of amides is 1. The molecule has 5 nitrogen and oxygen atoms in total. The summed E-state index contributed by atoms with van der Waals surface area (Å²) in [5.41, 5.74) is 2.27. The first-order valence-electron chi connectivity index (χ1n) is 8.78. The fourth-order valence-electron chi connectivity index (χ4n) is 2.93. The number of rotatable bonds is 6. The van der Waals surface area contributed by atoms with Gasteiger partial charge in [0.25, 0.3) is 0 Å². The minimum atomic E-state index is 0.0663. The van der Waals surface area contributed by atoms with Gasteiger partial charge in [0, 0.05) is 36.5 Å². The minimum absolute atomic E-state index is 0.0663. The van der Waals surface area contributed by atoms with E-state index in [4.69, 9.17) is 0 Å². The number of carbonyl (C=O) groups is 1. The molecule has 0 radical (unpaired) electrons. The van der Waals surface area contributed by atoms with Crippen molar-refractivity contribution in [2.24, 2.45) is 4.99 Å². The van der Waals surface area contributed by atoms with E-state index in [0.29, 0.717) is 5.96 Å². The summed E-state index contributed by atoms with van der Waals surface area (Å²) >= 11 is 1.79. The predicted molar refractivity (Wildman–Crippen MR) is 109 cm³/mol. The van der Waals surface area contributed by atoms with Crippen molar-refractivity contribution >= 4 is 29.3 Å². The van der Waals surface area contributed by atoms with Crippen LogP contribution in [-0.2, 0) is 11.2 Å². The maximum absolute atomic E-state index is 12.5. The molecule has 1 aliphatic heterocycles. The number of anilines is 1. The van der Waals surface area contributed by atoms with Crippen LogP contribution in [0.1, 0.15) is 5.56 Å². The van der Waals surface area contributed by atoms with Crippen LogP contribution in [0.15, 0.2) is 64.5 Å². The van der Waals surface area contributed by atoms with Crippen molar-refractivity contribution in [3.05, 3.63) is 60.2 Å². The van der Waals surface area contributed by atoms with Gasteiger partial charge in [-0.3, -0.25) is 9.79 Å². The number of para-hydroxylation sites is 1. The summed E-state index contributed by atoms with van der Waals surface area (Å²) in [6.07, 6.45) is 0.922. The van der Waals surface area contributed by atoms with Crippen molar-refractivity contribution < 1.29 is 4.79 Å². The molecule has 0 saturated heterocycles. The molecule has 1 heterocycles. The molecule has 6 heteroatoms. The second-order valence-corrected chi connectivity index (χ2v) is 7.11. The molecule has 0 atom stereocenters. The van der Waals surface area contributed by atoms with Crippen molar-refractivity contribution in [3.8, 4) is 0 Å². The molecular formula is C20H24N4OS. The first-order chi connectivity index (χ1) is 12.8. The molecule has 0 spiro atoms. The molecule has 3 rings (SSSR count). The number of nitrogens with zero attached hydrogens (tertiary/aromatic N) is 2. The summed E-state index contributed by atoms with van der Waals surface area (Å²) in [7, 11) is 1.72. The highest BCUT2D eigenvalue weighted by molar-refractivity contribution is 7.99. The molecule has 26 heavy (non-hydrogen) atoms. The molecule has 2 N–H and O–H groups in total. The third kappa shape index (κ3) is 4.79. The van der Waals surface area contributed by atoms with E-state index in [0.717, 1.165) is 31.0 Å². The largest absolute Gasteiger partial charge is 0.356 e. The van der Waals surface area contributed by atoms with Crippen molar-refractivity contribution in [3.63, 3.8) is 0 Å². The Morgan fingerprint density at radius 3 is 2.69 bits per heavy atom. The fraction of sp³-hybridized carbons (Fsp3) is 0.300. The second-order valence-electron chi connectivity index (χ2n) is 5.94. The Morgan fingerprint density at radius 2 is 1.88 bits per heavy atom. The highest BCUT2D eigenvalue weighted by atomic mass is 32.2. The standard InChI is InChI=1S/C20H24N4OS/c1-21-20(22-12-14-26-17-8-3-2-4-9-17)23-15-19(25)24-13-11-16-7-5-6-10-18(16)24/h2-10H,11-15H2,1H3,(H2,21,22,23). The second kappa shape index (κ2) is 9.29. The van der Waals surface area contributed by atoms with Crippen LogP contribution >= 0.6 is 11.8 Å². The van der Waals surface area contributed by atoms with Crippen LogP contribution < -0.4 is 15.5 Å².